The Labute approximate surface area is 392 Å². The number of aliphatic hydroxyl groups excluding tert-OH is 5. The molecule has 12 unspecified atom stereocenters. The highest BCUT2D eigenvalue weighted by Gasteiger charge is 2.67. The number of esters is 1. The summed E-state index contributed by atoms with van der Waals surface area (Å²) in [6, 6.07) is 16.4. The molecule has 0 radical (unpaired) electrons. The van der Waals surface area contributed by atoms with Crippen molar-refractivity contribution in [3.05, 3.63) is 113 Å². The van der Waals surface area contributed by atoms with Crippen molar-refractivity contribution >= 4 is 22.8 Å². The van der Waals surface area contributed by atoms with Crippen molar-refractivity contribution in [3.63, 3.8) is 0 Å². The van der Waals surface area contributed by atoms with E-state index >= 15 is 0 Å². The molecule has 2 aromatic heterocycles. The van der Waals surface area contributed by atoms with Gasteiger partial charge in [-0.3, -0.25) is 9.59 Å². The molecule has 12 atom stereocenters. The number of nitrogens with zero attached hydrogens (tertiary/aromatic N) is 1. The van der Waals surface area contributed by atoms with E-state index in [1.54, 1.807) is 18.3 Å². The molecular formula is C49H48N4O16. The van der Waals surface area contributed by atoms with Crippen LogP contribution in [-0.4, -0.2) is 125 Å². The number of carboxylic acids is 1. The molecule has 4 bridgehead atoms. The Morgan fingerprint density at radius 3 is 2.59 bits per heavy atom. The van der Waals surface area contributed by atoms with Gasteiger partial charge in [0.2, 0.25) is 12.0 Å². The summed E-state index contributed by atoms with van der Waals surface area (Å²) in [6.45, 7) is -1.19. The maximum absolute atomic E-state index is 12.8. The maximum atomic E-state index is 12.8. The standard InChI is InChI=1S/C49H48N4O16/c50-46-45(67-35(59)17-34(57)58)49(13-15-52-46)44(61)43(60)48(62)12-10-27-29(19-53-18-24-11-14-51-38(24)30(53)20-54)36-33(16-32(27)66-47(48)69-49)65-39-26(23-4-2-1-3-5-23)7-6-25(56)21-63-41-31(64-22-55)9-8-28-37(39)42(36)68-40(28)41/h1-5,8-9,11,13-16,18,25-26,37,39,42-47,51-52,54-56,60-62H,10,12,17,19-22,50H2,(H,57,58). The number of ether oxygens (including phenoxy) is 7. The Balaban J connectivity index is 1.10. The summed E-state index contributed by atoms with van der Waals surface area (Å²) in [6.07, 6.45) is -6.66. The van der Waals surface area contributed by atoms with Gasteiger partial charge in [-0.05, 0) is 48.4 Å². The van der Waals surface area contributed by atoms with Gasteiger partial charge in [-0.1, -0.05) is 48.2 Å². The number of benzene rings is 3. The molecule has 1 spiro atoms. The molecule has 5 aromatic rings. The fraction of sp³-hybridized carbons (Fsp3) is 0.388. The van der Waals surface area contributed by atoms with E-state index in [1.807, 2.05) is 53.2 Å². The van der Waals surface area contributed by atoms with Crippen LogP contribution in [0.25, 0.3) is 10.9 Å². The first kappa shape index (κ1) is 44.7. The molecule has 20 heteroatoms. The topological polar surface area (TPSA) is 299 Å². The highest BCUT2D eigenvalue weighted by Crippen LogP contribution is 2.62. The van der Waals surface area contributed by atoms with Gasteiger partial charge in [-0.25, -0.2) is 0 Å². The van der Waals surface area contributed by atoms with Gasteiger partial charge in [-0.15, -0.1) is 0 Å². The van der Waals surface area contributed by atoms with Gasteiger partial charge >= 0.3 is 11.9 Å². The second kappa shape index (κ2) is 17.0. The van der Waals surface area contributed by atoms with Crippen LogP contribution in [-0.2, 0) is 38.6 Å². The highest BCUT2D eigenvalue weighted by molar-refractivity contribution is 5.90. The third-order valence-electron chi connectivity index (χ3n) is 14.1. The molecule has 3 aromatic carbocycles. The van der Waals surface area contributed by atoms with E-state index in [0.717, 1.165) is 10.9 Å². The highest BCUT2D eigenvalue weighted by atomic mass is 16.7. The Hall–Kier alpha value is -6.80. The van der Waals surface area contributed by atoms with E-state index < -0.39 is 97.3 Å². The Morgan fingerprint density at radius 1 is 0.986 bits per heavy atom. The monoisotopic (exact) mass is 948 g/mol. The molecule has 6 aliphatic heterocycles. The van der Waals surface area contributed by atoms with E-state index in [4.69, 9.17) is 38.9 Å². The number of carbonyl (C=O) groups excluding carboxylic acids is 1. The van der Waals surface area contributed by atoms with Crippen molar-refractivity contribution in [1.29, 1.82) is 0 Å². The lowest BCUT2D eigenvalue weighted by Crippen LogP contribution is -2.77. The number of hydrogen-bond acceptors (Lipinski definition) is 17. The number of nitrogens with two attached hydrogens (primary N) is 1. The van der Waals surface area contributed by atoms with Crippen LogP contribution in [0.2, 0.25) is 0 Å². The lowest BCUT2D eigenvalue weighted by atomic mass is 9.73. The van der Waals surface area contributed by atoms with Gasteiger partial charge in [0.15, 0.2) is 35.6 Å². The largest absolute Gasteiger partial charge is 0.487 e. The van der Waals surface area contributed by atoms with E-state index in [2.05, 4.69) is 22.1 Å². The molecule has 1 saturated heterocycles. The summed E-state index contributed by atoms with van der Waals surface area (Å²) in [5, 5.41) is 81.3. The lowest BCUT2D eigenvalue weighted by molar-refractivity contribution is -0.354. The molecule has 11 rings (SSSR count). The van der Waals surface area contributed by atoms with Crippen LogP contribution < -0.4 is 34.7 Å². The zero-order valence-electron chi connectivity index (χ0n) is 36.6. The van der Waals surface area contributed by atoms with Crippen molar-refractivity contribution in [3.8, 4) is 40.6 Å². The van der Waals surface area contributed by atoms with E-state index in [0.29, 0.717) is 39.2 Å². The molecule has 0 aliphatic carbocycles. The molecule has 6 aliphatic rings. The molecule has 20 nitrogen and oxygen atoms in total. The summed E-state index contributed by atoms with van der Waals surface area (Å²) in [5.41, 5.74) is 6.31. The van der Waals surface area contributed by atoms with Crippen molar-refractivity contribution in [1.82, 2.24) is 14.9 Å². The number of H-pyrrole nitrogens is 1. The number of aliphatic carboxylic acids is 1. The minimum Gasteiger partial charge on any atom is -0.487 e. The summed E-state index contributed by atoms with van der Waals surface area (Å²) in [7, 11) is 0. The lowest BCUT2D eigenvalue weighted by Gasteiger charge is -2.55. The minimum atomic E-state index is -2.33. The first-order valence-electron chi connectivity index (χ1n) is 22.4. The molecule has 11 N–H and O–H groups in total. The molecular weight excluding hydrogens is 901 g/mol. The fourth-order valence-electron chi connectivity index (χ4n) is 10.9. The number of aromatic amines is 1. The van der Waals surface area contributed by atoms with Crippen LogP contribution >= 0.6 is 0 Å². The van der Waals surface area contributed by atoms with Crippen molar-refractivity contribution in [2.45, 2.75) is 105 Å². The summed E-state index contributed by atoms with van der Waals surface area (Å²) in [4.78, 5) is 27.5. The number of fused-ring (bicyclic) bond motifs is 5. The Kier molecular flexibility index (Phi) is 11.0. The van der Waals surface area contributed by atoms with Crippen LogP contribution in [0.3, 0.4) is 0 Å². The van der Waals surface area contributed by atoms with Crippen molar-refractivity contribution < 1.29 is 78.5 Å². The third-order valence-corrected chi connectivity index (χ3v) is 14.1. The number of hydrogen-bond donors (Lipinski definition) is 10. The molecule has 69 heavy (non-hydrogen) atoms. The zero-order valence-corrected chi connectivity index (χ0v) is 36.6. The maximum Gasteiger partial charge on any atom is 0.317 e. The molecule has 0 amide bonds. The zero-order chi connectivity index (χ0) is 47.9. The second-order valence-corrected chi connectivity index (χ2v) is 18.0. The summed E-state index contributed by atoms with van der Waals surface area (Å²) >= 11 is 0. The minimum absolute atomic E-state index is 0.0131. The molecule has 1 fully saturated rings. The van der Waals surface area contributed by atoms with Gasteiger partial charge in [0.05, 0.1) is 29.7 Å². The summed E-state index contributed by atoms with van der Waals surface area (Å²) < 4.78 is 46.8. The van der Waals surface area contributed by atoms with Gasteiger partial charge in [-0.2, -0.15) is 0 Å². The Morgan fingerprint density at radius 2 is 1.81 bits per heavy atom. The van der Waals surface area contributed by atoms with E-state index in [1.165, 1.54) is 12.3 Å². The van der Waals surface area contributed by atoms with Gasteiger partial charge < -0.3 is 89.5 Å². The second-order valence-electron chi connectivity index (χ2n) is 18.0. The van der Waals surface area contributed by atoms with E-state index in [9.17, 15) is 45.3 Å². The SMILES string of the molecule is NC1NC=CC2(OC3Oc4cc5c(c(Cn6cc7cc[nH]c7c6CO)c4CCC3(O)C(O)C2O)C2Oc3c4ccc(OCO)c3OCC(O)C#CC(c3ccccc3)C(O5)C42)C1OC(=O)CC(=O)O. The smallest absolute Gasteiger partial charge is 0.317 e. The number of rotatable bonds is 9. The van der Waals surface area contributed by atoms with E-state index in [-0.39, 0.29) is 55.6 Å². The Bertz CT molecular complexity index is 2940. The van der Waals surface area contributed by atoms with Crippen molar-refractivity contribution in [2.75, 3.05) is 13.4 Å². The van der Waals surface area contributed by atoms with Gasteiger partial charge in [0.25, 0.3) is 0 Å². The predicted octanol–water partition coefficient (Wildman–Crippen LogP) is 1.02. The quantitative estimate of drug-likeness (QED) is 0.0427. The van der Waals surface area contributed by atoms with Crippen LogP contribution in [0.15, 0.2) is 79.3 Å². The number of nitrogens with one attached hydrogen (secondary N) is 2. The number of carboxylic acid groups (broad SMARTS) is 1. The normalized spacial score (nSPS) is 31.3. The fourth-order valence-corrected chi connectivity index (χ4v) is 10.9. The summed E-state index contributed by atoms with van der Waals surface area (Å²) in [5.74, 6) is 3.29. The van der Waals surface area contributed by atoms with Gasteiger partial charge in [0.1, 0.15) is 61.2 Å². The van der Waals surface area contributed by atoms with Crippen LogP contribution in [0, 0.1) is 11.8 Å². The number of aliphatic hydroxyl groups is 6. The average Bonchev–Trinajstić information content (AvgIpc) is 4.01. The van der Waals surface area contributed by atoms with Crippen molar-refractivity contribution in [2.24, 2.45) is 5.73 Å². The molecule has 360 valence electrons. The third kappa shape index (κ3) is 7.15. The van der Waals surface area contributed by atoms with Crippen LogP contribution in [0.5, 0.6) is 28.7 Å². The van der Waals surface area contributed by atoms with Crippen LogP contribution in [0.4, 0.5) is 0 Å². The molecule has 8 heterocycles. The number of carbonyl (C=O) groups is 2. The first-order valence-corrected chi connectivity index (χ1v) is 22.4. The first-order chi connectivity index (χ1) is 33.3. The van der Waals surface area contributed by atoms with Gasteiger partial charge in [0, 0.05) is 47.1 Å². The number of aromatic nitrogens is 2. The average molecular weight is 949 g/mol. The predicted molar refractivity (Wildman–Crippen MR) is 237 cm³/mol. The molecule has 0 saturated carbocycles. The van der Waals surface area contributed by atoms with Crippen LogP contribution in [0.1, 0.15) is 64.3 Å².